The van der Waals surface area contributed by atoms with Gasteiger partial charge in [0.2, 0.25) is 12.7 Å². The molecule has 1 heterocycles. The molecule has 1 aliphatic rings. The Morgan fingerprint density at radius 1 is 1.12 bits per heavy atom. The Balaban J connectivity index is 1.70. The Hall–Kier alpha value is -2.67. The van der Waals surface area contributed by atoms with Crippen LogP contribution in [-0.4, -0.2) is 12.7 Å². The molecule has 0 saturated heterocycles. The number of anilines is 1. The van der Waals surface area contributed by atoms with Crippen LogP contribution in [0.4, 0.5) is 18.9 Å². The van der Waals surface area contributed by atoms with Gasteiger partial charge in [0.05, 0.1) is 10.6 Å². The number of hydrogen-bond donors (Lipinski definition) is 1. The Morgan fingerprint density at radius 2 is 1.88 bits per heavy atom. The lowest BCUT2D eigenvalue weighted by atomic mass is 10.1. The summed E-state index contributed by atoms with van der Waals surface area (Å²) in [7, 11) is 0. The van der Waals surface area contributed by atoms with E-state index in [0.717, 1.165) is 12.1 Å². The SMILES string of the molecule is O=C(C=Cc1ccc2c(c1)OCO2)Nc1ccc(Cl)c(C(F)(F)F)c1. The van der Waals surface area contributed by atoms with Gasteiger partial charge < -0.3 is 14.8 Å². The molecule has 0 atom stereocenters. The summed E-state index contributed by atoms with van der Waals surface area (Å²) < 4.78 is 48.8. The van der Waals surface area contributed by atoms with Crippen LogP contribution in [0.2, 0.25) is 5.02 Å². The maximum Gasteiger partial charge on any atom is 0.417 e. The molecule has 4 nitrogen and oxygen atoms in total. The largest absolute Gasteiger partial charge is 0.454 e. The zero-order chi connectivity index (χ0) is 18.0. The lowest BCUT2D eigenvalue weighted by molar-refractivity contribution is -0.137. The third-order valence-electron chi connectivity index (χ3n) is 3.36. The third kappa shape index (κ3) is 4.06. The average molecular weight is 370 g/mol. The zero-order valence-corrected chi connectivity index (χ0v) is 13.3. The minimum atomic E-state index is -4.60. The van der Waals surface area contributed by atoms with Crippen LogP contribution in [0.5, 0.6) is 11.5 Å². The summed E-state index contributed by atoms with van der Waals surface area (Å²) in [6.45, 7) is 0.140. The third-order valence-corrected chi connectivity index (χ3v) is 3.69. The quantitative estimate of drug-likeness (QED) is 0.795. The van der Waals surface area contributed by atoms with Crippen LogP contribution in [0.15, 0.2) is 42.5 Å². The number of ether oxygens (including phenoxy) is 2. The van der Waals surface area contributed by atoms with Gasteiger partial charge in [0, 0.05) is 11.8 Å². The number of benzene rings is 2. The molecular weight excluding hydrogens is 359 g/mol. The molecule has 0 unspecified atom stereocenters. The molecule has 0 aromatic heterocycles. The molecule has 0 fully saturated rings. The van der Waals surface area contributed by atoms with Crippen molar-refractivity contribution < 1.29 is 27.4 Å². The molecule has 1 amide bonds. The van der Waals surface area contributed by atoms with Gasteiger partial charge in [-0.15, -0.1) is 0 Å². The molecule has 1 aliphatic heterocycles. The number of carbonyl (C=O) groups excluding carboxylic acids is 1. The molecule has 3 rings (SSSR count). The van der Waals surface area contributed by atoms with Crippen molar-refractivity contribution in [3.05, 3.63) is 58.6 Å². The molecule has 8 heteroatoms. The smallest absolute Gasteiger partial charge is 0.417 e. The molecule has 0 saturated carbocycles. The summed E-state index contributed by atoms with van der Waals surface area (Å²) in [4.78, 5) is 11.9. The van der Waals surface area contributed by atoms with Crippen LogP contribution in [0.25, 0.3) is 6.08 Å². The van der Waals surface area contributed by atoms with E-state index in [9.17, 15) is 18.0 Å². The first kappa shape index (κ1) is 17.2. The topological polar surface area (TPSA) is 47.6 Å². The molecule has 0 aliphatic carbocycles. The monoisotopic (exact) mass is 369 g/mol. The van der Waals surface area contributed by atoms with E-state index in [1.54, 1.807) is 18.2 Å². The first-order valence-electron chi connectivity index (χ1n) is 7.08. The van der Waals surface area contributed by atoms with Gasteiger partial charge in [0.15, 0.2) is 11.5 Å². The second kappa shape index (κ2) is 6.68. The number of nitrogens with one attached hydrogen (secondary N) is 1. The van der Waals surface area contributed by atoms with Crippen molar-refractivity contribution in [3.8, 4) is 11.5 Å². The van der Waals surface area contributed by atoms with Gasteiger partial charge in [-0.2, -0.15) is 13.2 Å². The van der Waals surface area contributed by atoms with Crippen molar-refractivity contribution in [3.63, 3.8) is 0 Å². The number of hydrogen-bond acceptors (Lipinski definition) is 3. The number of rotatable bonds is 3. The van der Waals surface area contributed by atoms with Crippen LogP contribution in [-0.2, 0) is 11.0 Å². The maximum absolute atomic E-state index is 12.8. The minimum absolute atomic E-state index is 0.00272. The molecule has 25 heavy (non-hydrogen) atoms. The average Bonchev–Trinajstić information content (AvgIpc) is 3.01. The highest BCUT2D eigenvalue weighted by atomic mass is 35.5. The number of alkyl halides is 3. The van der Waals surface area contributed by atoms with E-state index in [1.807, 2.05) is 0 Å². The summed E-state index contributed by atoms with van der Waals surface area (Å²) in [6.07, 6.45) is -1.88. The molecule has 1 N–H and O–H groups in total. The fraction of sp³-hybridized carbons (Fsp3) is 0.118. The molecule has 0 radical (unpaired) electrons. The Labute approximate surface area is 145 Å². The normalized spacial score (nSPS) is 13.3. The van der Waals surface area contributed by atoms with E-state index < -0.39 is 22.7 Å². The fourth-order valence-corrected chi connectivity index (χ4v) is 2.42. The molecular formula is C17H11ClF3NO3. The Bertz CT molecular complexity index is 850. The summed E-state index contributed by atoms with van der Waals surface area (Å²) in [5, 5.41) is 1.93. The van der Waals surface area contributed by atoms with Crippen LogP contribution >= 0.6 is 11.6 Å². The first-order chi connectivity index (χ1) is 11.8. The van der Waals surface area contributed by atoms with Gasteiger partial charge in [-0.05, 0) is 42.0 Å². The van der Waals surface area contributed by atoms with Crippen LogP contribution < -0.4 is 14.8 Å². The molecule has 2 aromatic rings. The molecule has 0 bridgehead atoms. The minimum Gasteiger partial charge on any atom is -0.454 e. The van der Waals surface area contributed by atoms with E-state index in [0.29, 0.717) is 17.1 Å². The van der Waals surface area contributed by atoms with Crippen molar-refractivity contribution in [2.45, 2.75) is 6.18 Å². The highest BCUT2D eigenvalue weighted by molar-refractivity contribution is 6.31. The van der Waals surface area contributed by atoms with Gasteiger partial charge in [-0.1, -0.05) is 17.7 Å². The summed E-state index contributed by atoms with van der Waals surface area (Å²) in [5.74, 6) is 0.602. The number of amides is 1. The fourth-order valence-electron chi connectivity index (χ4n) is 2.19. The van der Waals surface area contributed by atoms with E-state index in [1.165, 1.54) is 18.2 Å². The molecule has 130 valence electrons. The van der Waals surface area contributed by atoms with Gasteiger partial charge >= 0.3 is 6.18 Å². The van der Waals surface area contributed by atoms with Crippen molar-refractivity contribution >= 4 is 29.3 Å². The van der Waals surface area contributed by atoms with E-state index in [2.05, 4.69) is 5.32 Å². The predicted octanol–water partition coefficient (Wildman–Crippen LogP) is 4.74. The summed E-state index contributed by atoms with van der Waals surface area (Å²) >= 11 is 5.54. The lowest BCUT2D eigenvalue weighted by Crippen LogP contribution is -2.11. The molecule has 2 aromatic carbocycles. The van der Waals surface area contributed by atoms with Gasteiger partial charge in [-0.3, -0.25) is 4.79 Å². The predicted molar refractivity (Wildman–Crippen MR) is 86.7 cm³/mol. The Morgan fingerprint density at radius 3 is 2.64 bits per heavy atom. The zero-order valence-electron chi connectivity index (χ0n) is 12.6. The van der Waals surface area contributed by atoms with Crippen LogP contribution in [0.1, 0.15) is 11.1 Å². The van der Waals surface area contributed by atoms with Crippen molar-refractivity contribution in [1.82, 2.24) is 0 Å². The highest BCUT2D eigenvalue weighted by Gasteiger charge is 2.33. The summed E-state index contributed by atoms with van der Waals surface area (Å²) in [6, 6.07) is 8.28. The Kier molecular flexibility index (Phi) is 4.59. The first-order valence-corrected chi connectivity index (χ1v) is 7.46. The van der Waals surface area contributed by atoms with Gasteiger partial charge in [-0.25, -0.2) is 0 Å². The number of carbonyl (C=O) groups is 1. The second-order valence-electron chi connectivity index (χ2n) is 5.13. The standard InChI is InChI=1S/C17H11ClF3NO3/c18-13-4-3-11(8-12(13)17(19,20)21)22-16(23)6-2-10-1-5-14-15(7-10)25-9-24-14/h1-8H,9H2,(H,22,23). The maximum atomic E-state index is 12.8. The highest BCUT2D eigenvalue weighted by Crippen LogP contribution is 2.36. The van der Waals surface area contributed by atoms with Crippen molar-refractivity contribution in [2.75, 3.05) is 12.1 Å². The summed E-state index contributed by atoms with van der Waals surface area (Å²) in [5.41, 5.74) is -0.324. The second-order valence-corrected chi connectivity index (χ2v) is 5.53. The van der Waals surface area contributed by atoms with Crippen molar-refractivity contribution in [2.24, 2.45) is 0 Å². The number of halogens is 4. The van der Waals surface area contributed by atoms with Gasteiger partial charge in [0.25, 0.3) is 0 Å². The van der Waals surface area contributed by atoms with E-state index >= 15 is 0 Å². The number of fused-ring (bicyclic) bond motifs is 1. The van der Waals surface area contributed by atoms with E-state index in [4.69, 9.17) is 21.1 Å². The van der Waals surface area contributed by atoms with Gasteiger partial charge in [0.1, 0.15) is 0 Å². The van der Waals surface area contributed by atoms with Crippen LogP contribution in [0, 0.1) is 0 Å². The lowest BCUT2D eigenvalue weighted by Gasteiger charge is -2.11. The molecule has 0 spiro atoms. The van der Waals surface area contributed by atoms with Crippen LogP contribution in [0.3, 0.4) is 0 Å². The van der Waals surface area contributed by atoms with Crippen molar-refractivity contribution in [1.29, 1.82) is 0 Å². The van der Waals surface area contributed by atoms with E-state index in [-0.39, 0.29) is 12.5 Å².